The van der Waals surface area contributed by atoms with E-state index in [-0.39, 0.29) is 11.7 Å². The van der Waals surface area contributed by atoms with Crippen LogP contribution in [0.4, 0.5) is 10.1 Å². The molecular weight excluding hydrogens is 207 g/mol. The number of rotatable bonds is 2. The van der Waals surface area contributed by atoms with E-state index in [1.807, 2.05) is 0 Å². The Kier molecular flexibility index (Phi) is 2.72. The van der Waals surface area contributed by atoms with E-state index in [2.05, 4.69) is 10.3 Å². The molecule has 3 nitrogen and oxygen atoms in total. The Balaban J connectivity index is 2.18. The second kappa shape index (κ2) is 4.18. The van der Waals surface area contributed by atoms with E-state index in [9.17, 15) is 9.18 Å². The largest absolute Gasteiger partial charge is 0.357 e. The van der Waals surface area contributed by atoms with Crippen molar-refractivity contribution in [1.82, 2.24) is 4.98 Å². The average Bonchev–Trinajstić information content (AvgIpc) is 2.75. The maximum atomic E-state index is 12.8. The first kappa shape index (κ1) is 10.4. The number of hydrogen-bond donors (Lipinski definition) is 2. The van der Waals surface area contributed by atoms with Gasteiger partial charge in [0.2, 0.25) is 0 Å². The molecule has 0 saturated carbocycles. The van der Waals surface area contributed by atoms with Crippen LogP contribution in [-0.4, -0.2) is 10.9 Å². The first-order valence-electron chi connectivity index (χ1n) is 4.88. The van der Waals surface area contributed by atoms with Gasteiger partial charge in [-0.25, -0.2) is 4.39 Å². The minimum atomic E-state index is -0.310. The topological polar surface area (TPSA) is 44.9 Å². The molecule has 0 aliphatic carbocycles. The molecule has 4 heteroatoms. The smallest absolute Gasteiger partial charge is 0.272 e. The second-order valence-corrected chi connectivity index (χ2v) is 3.50. The van der Waals surface area contributed by atoms with E-state index in [1.54, 1.807) is 31.3 Å². The van der Waals surface area contributed by atoms with Gasteiger partial charge < -0.3 is 10.3 Å². The first-order valence-corrected chi connectivity index (χ1v) is 4.88. The van der Waals surface area contributed by atoms with Gasteiger partial charge in [-0.05, 0) is 42.8 Å². The molecule has 2 aromatic rings. The van der Waals surface area contributed by atoms with E-state index in [1.165, 1.54) is 12.1 Å². The average molecular weight is 218 g/mol. The van der Waals surface area contributed by atoms with E-state index < -0.39 is 0 Å². The molecule has 0 bridgehead atoms. The number of carbonyl (C=O) groups is 1. The van der Waals surface area contributed by atoms with Crippen molar-refractivity contribution in [3.8, 4) is 0 Å². The predicted molar refractivity (Wildman–Crippen MR) is 59.9 cm³/mol. The quantitative estimate of drug-likeness (QED) is 0.799. The number of hydrogen-bond acceptors (Lipinski definition) is 1. The van der Waals surface area contributed by atoms with E-state index in [0.717, 1.165) is 0 Å². The van der Waals surface area contributed by atoms with E-state index in [4.69, 9.17) is 0 Å². The molecule has 0 atom stereocenters. The van der Waals surface area contributed by atoms with Crippen molar-refractivity contribution in [1.29, 1.82) is 0 Å². The van der Waals surface area contributed by atoms with Crippen LogP contribution in [0.25, 0.3) is 0 Å². The van der Waals surface area contributed by atoms with Crippen molar-refractivity contribution in [3.63, 3.8) is 0 Å². The molecule has 1 heterocycles. The highest BCUT2D eigenvalue weighted by atomic mass is 19.1. The monoisotopic (exact) mass is 218 g/mol. The van der Waals surface area contributed by atoms with Crippen molar-refractivity contribution < 1.29 is 9.18 Å². The summed E-state index contributed by atoms with van der Waals surface area (Å²) in [4.78, 5) is 14.5. The molecule has 0 unspecified atom stereocenters. The lowest BCUT2D eigenvalue weighted by Gasteiger charge is -2.07. The van der Waals surface area contributed by atoms with Gasteiger partial charge in [0.05, 0.1) is 0 Å². The van der Waals surface area contributed by atoms with Gasteiger partial charge in [0, 0.05) is 11.9 Å². The molecule has 2 N–H and O–H groups in total. The Bertz CT molecular complexity index is 506. The zero-order valence-electron chi connectivity index (χ0n) is 8.75. The number of aromatic nitrogens is 1. The number of anilines is 1. The van der Waals surface area contributed by atoms with Crippen molar-refractivity contribution in [3.05, 3.63) is 53.6 Å². The minimum absolute atomic E-state index is 0.236. The van der Waals surface area contributed by atoms with Crippen LogP contribution in [0.1, 0.15) is 16.1 Å². The summed E-state index contributed by atoms with van der Waals surface area (Å²) < 4.78 is 12.8. The van der Waals surface area contributed by atoms with Crippen molar-refractivity contribution >= 4 is 11.6 Å². The molecule has 0 saturated heterocycles. The lowest BCUT2D eigenvalue weighted by Crippen LogP contribution is -2.13. The molecule has 0 aliphatic heterocycles. The molecule has 0 spiro atoms. The number of benzene rings is 1. The van der Waals surface area contributed by atoms with Crippen LogP contribution in [0, 0.1) is 12.7 Å². The number of nitrogens with one attached hydrogen (secondary N) is 2. The Hall–Kier alpha value is -2.10. The van der Waals surface area contributed by atoms with E-state index in [0.29, 0.717) is 16.9 Å². The van der Waals surface area contributed by atoms with Gasteiger partial charge in [0.15, 0.2) is 0 Å². The Morgan fingerprint density at radius 3 is 2.81 bits per heavy atom. The molecule has 0 radical (unpaired) electrons. The molecule has 16 heavy (non-hydrogen) atoms. The highest BCUT2D eigenvalue weighted by Gasteiger charge is 2.08. The number of halogens is 1. The molecular formula is C12H11FN2O. The zero-order chi connectivity index (χ0) is 11.5. The summed E-state index contributed by atoms with van der Waals surface area (Å²) >= 11 is 0. The van der Waals surface area contributed by atoms with Gasteiger partial charge in [0.1, 0.15) is 11.5 Å². The Morgan fingerprint density at radius 1 is 1.38 bits per heavy atom. The highest BCUT2D eigenvalue weighted by Crippen LogP contribution is 2.16. The maximum absolute atomic E-state index is 12.8. The fourth-order valence-electron chi connectivity index (χ4n) is 1.43. The van der Waals surface area contributed by atoms with Crippen LogP contribution < -0.4 is 5.32 Å². The summed E-state index contributed by atoms with van der Waals surface area (Å²) in [6, 6.07) is 7.66. The van der Waals surface area contributed by atoms with Crippen LogP contribution >= 0.6 is 0 Å². The summed E-state index contributed by atoms with van der Waals surface area (Å²) in [5, 5.41) is 2.70. The summed E-state index contributed by atoms with van der Waals surface area (Å²) in [6.45, 7) is 1.74. The molecule has 0 aliphatic rings. The fraction of sp³-hybridized carbons (Fsp3) is 0.0833. The number of H-pyrrole nitrogens is 1. The van der Waals surface area contributed by atoms with Gasteiger partial charge in [-0.2, -0.15) is 0 Å². The van der Waals surface area contributed by atoms with Gasteiger partial charge in [-0.3, -0.25) is 4.79 Å². The number of carbonyl (C=O) groups excluding carboxylic acids is 1. The third-order valence-electron chi connectivity index (χ3n) is 2.28. The lowest BCUT2D eigenvalue weighted by molar-refractivity contribution is 0.102. The van der Waals surface area contributed by atoms with Crippen LogP contribution in [0.2, 0.25) is 0 Å². The normalized spacial score (nSPS) is 10.1. The summed E-state index contributed by atoms with van der Waals surface area (Å²) in [7, 11) is 0. The summed E-state index contributed by atoms with van der Waals surface area (Å²) in [6.07, 6.45) is 1.67. The van der Waals surface area contributed by atoms with Crippen LogP contribution in [0.3, 0.4) is 0 Å². The summed E-state index contributed by atoms with van der Waals surface area (Å²) in [5.74, 6) is -0.546. The van der Waals surface area contributed by atoms with Gasteiger partial charge in [0.25, 0.3) is 5.91 Å². The van der Waals surface area contributed by atoms with Crippen molar-refractivity contribution in [2.75, 3.05) is 5.32 Å². The maximum Gasteiger partial charge on any atom is 0.272 e. The van der Waals surface area contributed by atoms with Gasteiger partial charge in [-0.15, -0.1) is 0 Å². The van der Waals surface area contributed by atoms with E-state index >= 15 is 0 Å². The standard InChI is InChI=1S/C12H11FN2O/c1-8-7-9(13)4-5-10(8)15-12(16)11-3-2-6-14-11/h2-7,14H,1H3,(H,15,16). The molecule has 1 amide bonds. The third-order valence-corrected chi connectivity index (χ3v) is 2.28. The fourth-order valence-corrected chi connectivity index (χ4v) is 1.43. The van der Waals surface area contributed by atoms with Crippen LogP contribution in [0.5, 0.6) is 0 Å². The highest BCUT2D eigenvalue weighted by molar-refractivity contribution is 6.03. The Morgan fingerprint density at radius 2 is 2.19 bits per heavy atom. The molecule has 0 fully saturated rings. The van der Waals surface area contributed by atoms with Crippen molar-refractivity contribution in [2.24, 2.45) is 0 Å². The predicted octanol–water partition coefficient (Wildman–Crippen LogP) is 2.71. The molecule has 2 rings (SSSR count). The van der Waals surface area contributed by atoms with Gasteiger partial charge >= 0.3 is 0 Å². The molecule has 82 valence electrons. The number of amides is 1. The first-order chi connectivity index (χ1) is 7.66. The second-order valence-electron chi connectivity index (χ2n) is 3.50. The minimum Gasteiger partial charge on any atom is -0.357 e. The van der Waals surface area contributed by atoms with Gasteiger partial charge in [-0.1, -0.05) is 0 Å². The van der Waals surface area contributed by atoms with Crippen molar-refractivity contribution in [2.45, 2.75) is 6.92 Å². The number of aryl methyl sites for hydroxylation is 1. The Labute approximate surface area is 92.3 Å². The molecule has 1 aromatic carbocycles. The zero-order valence-corrected chi connectivity index (χ0v) is 8.75. The lowest BCUT2D eigenvalue weighted by atomic mass is 10.2. The van der Waals surface area contributed by atoms with Crippen LogP contribution in [0.15, 0.2) is 36.5 Å². The SMILES string of the molecule is Cc1cc(F)ccc1NC(=O)c1ccc[nH]1. The number of aromatic amines is 1. The third kappa shape index (κ3) is 2.11. The van der Waals surface area contributed by atoms with Crippen LogP contribution in [-0.2, 0) is 0 Å². The summed E-state index contributed by atoms with van der Waals surface area (Å²) in [5.41, 5.74) is 1.78. The molecule has 1 aromatic heterocycles.